The van der Waals surface area contributed by atoms with Crippen molar-refractivity contribution in [3.05, 3.63) is 18.2 Å². The summed E-state index contributed by atoms with van der Waals surface area (Å²) in [5.41, 5.74) is 1.18. The van der Waals surface area contributed by atoms with E-state index in [1.165, 1.54) is 25.0 Å². The molecule has 1 rings (SSSR count). The summed E-state index contributed by atoms with van der Waals surface area (Å²) in [5.74, 6) is 0.797. The Balaban J connectivity index is 2.66. The first kappa shape index (κ1) is 13.2. The van der Waals surface area contributed by atoms with Crippen LogP contribution in [0.2, 0.25) is 0 Å². The molecule has 0 aromatic carbocycles. The van der Waals surface area contributed by atoms with Gasteiger partial charge in [0.05, 0.1) is 18.1 Å². The molecule has 1 aromatic heterocycles. The van der Waals surface area contributed by atoms with E-state index in [9.17, 15) is 0 Å². The number of rotatable bonds is 7. The molecule has 1 N–H and O–H groups in total. The lowest BCUT2D eigenvalue weighted by Gasteiger charge is -2.21. The zero-order chi connectivity index (χ0) is 12.0. The van der Waals surface area contributed by atoms with Gasteiger partial charge in [-0.15, -0.1) is 0 Å². The minimum Gasteiger partial charge on any atom is -0.340 e. The average Bonchev–Trinajstić information content (AvgIpc) is 2.71. The van der Waals surface area contributed by atoms with E-state index in [1.807, 2.05) is 17.9 Å². The third-order valence-electron chi connectivity index (χ3n) is 3.26. The molecule has 0 radical (unpaired) electrons. The fourth-order valence-corrected chi connectivity index (χ4v) is 2.12. The zero-order valence-corrected chi connectivity index (χ0v) is 11.0. The van der Waals surface area contributed by atoms with Crippen LogP contribution in [0, 0.1) is 5.92 Å². The second-order valence-corrected chi connectivity index (χ2v) is 4.49. The molecule has 0 aliphatic heterocycles. The molecule has 1 unspecified atom stereocenters. The lowest BCUT2D eigenvalue weighted by atomic mass is 9.93. The minimum absolute atomic E-state index is 0.413. The van der Waals surface area contributed by atoms with Gasteiger partial charge in [0.15, 0.2) is 0 Å². The summed E-state index contributed by atoms with van der Waals surface area (Å²) in [5, 5.41) is 3.54. The predicted octanol–water partition coefficient (Wildman–Crippen LogP) is 2.90. The van der Waals surface area contributed by atoms with Crippen molar-refractivity contribution >= 4 is 0 Å². The normalized spacial score (nSPS) is 13.3. The third kappa shape index (κ3) is 3.63. The van der Waals surface area contributed by atoms with E-state index in [-0.39, 0.29) is 0 Å². The van der Waals surface area contributed by atoms with Crippen LogP contribution in [-0.2, 0) is 7.05 Å². The lowest BCUT2D eigenvalue weighted by molar-refractivity contribution is 0.371. The van der Waals surface area contributed by atoms with Crippen molar-refractivity contribution < 1.29 is 0 Å². The summed E-state index contributed by atoms with van der Waals surface area (Å²) in [7, 11) is 2.02. The fraction of sp³-hybridized carbons (Fsp3) is 0.769. The highest BCUT2D eigenvalue weighted by atomic mass is 15.0. The molecule has 3 nitrogen and oxygen atoms in total. The van der Waals surface area contributed by atoms with E-state index in [2.05, 4.69) is 37.3 Å². The Hall–Kier alpha value is -0.830. The Morgan fingerprint density at radius 3 is 2.44 bits per heavy atom. The van der Waals surface area contributed by atoms with Gasteiger partial charge < -0.3 is 9.88 Å². The standard InChI is InChI=1S/C13H25N3/c1-5-11(6-2)8-12(14-7-3)13-9-16(4)10-15-13/h9-12,14H,5-8H2,1-4H3. The van der Waals surface area contributed by atoms with Crippen molar-refractivity contribution in [2.75, 3.05) is 6.54 Å². The van der Waals surface area contributed by atoms with Gasteiger partial charge in [-0.3, -0.25) is 0 Å². The Morgan fingerprint density at radius 2 is 2.00 bits per heavy atom. The number of hydrogen-bond acceptors (Lipinski definition) is 2. The van der Waals surface area contributed by atoms with Gasteiger partial charge in [0, 0.05) is 13.2 Å². The minimum atomic E-state index is 0.413. The van der Waals surface area contributed by atoms with Crippen molar-refractivity contribution in [1.29, 1.82) is 0 Å². The van der Waals surface area contributed by atoms with Crippen LogP contribution in [0.5, 0.6) is 0 Å². The maximum absolute atomic E-state index is 4.46. The largest absolute Gasteiger partial charge is 0.340 e. The predicted molar refractivity (Wildman–Crippen MR) is 68.3 cm³/mol. The van der Waals surface area contributed by atoms with Crippen LogP contribution in [0.25, 0.3) is 0 Å². The Morgan fingerprint density at radius 1 is 1.31 bits per heavy atom. The number of aryl methyl sites for hydroxylation is 1. The summed E-state index contributed by atoms with van der Waals surface area (Å²) in [6.45, 7) is 7.70. The molecule has 1 aromatic rings. The number of nitrogens with one attached hydrogen (secondary N) is 1. The Bertz CT molecular complexity index is 289. The van der Waals surface area contributed by atoms with E-state index < -0.39 is 0 Å². The summed E-state index contributed by atoms with van der Waals surface area (Å²) in [6, 6.07) is 0.413. The van der Waals surface area contributed by atoms with Gasteiger partial charge in [-0.2, -0.15) is 0 Å². The molecular formula is C13H25N3. The molecule has 0 aliphatic carbocycles. The number of aromatic nitrogens is 2. The summed E-state index contributed by atoms with van der Waals surface area (Å²) in [4.78, 5) is 4.46. The molecule has 3 heteroatoms. The van der Waals surface area contributed by atoms with Gasteiger partial charge in [-0.05, 0) is 18.9 Å². The topological polar surface area (TPSA) is 29.9 Å². The fourth-order valence-electron chi connectivity index (χ4n) is 2.12. The van der Waals surface area contributed by atoms with E-state index in [0.29, 0.717) is 6.04 Å². The maximum Gasteiger partial charge on any atom is 0.0947 e. The molecule has 0 fully saturated rings. The monoisotopic (exact) mass is 223 g/mol. The Labute approximate surface area is 99.3 Å². The van der Waals surface area contributed by atoms with E-state index in [0.717, 1.165) is 12.5 Å². The average molecular weight is 223 g/mol. The highest BCUT2D eigenvalue weighted by molar-refractivity contribution is 5.03. The van der Waals surface area contributed by atoms with Crippen molar-refractivity contribution in [2.24, 2.45) is 13.0 Å². The smallest absolute Gasteiger partial charge is 0.0947 e. The van der Waals surface area contributed by atoms with Crippen LogP contribution >= 0.6 is 0 Å². The highest BCUT2D eigenvalue weighted by Gasteiger charge is 2.16. The molecule has 0 aliphatic rings. The van der Waals surface area contributed by atoms with Crippen LogP contribution in [0.1, 0.15) is 51.8 Å². The van der Waals surface area contributed by atoms with Crippen LogP contribution in [0.3, 0.4) is 0 Å². The second kappa shape index (κ2) is 6.69. The van der Waals surface area contributed by atoms with Gasteiger partial charge in [0.1, 0.15) is 0 Å². The first-order valence-electron chi connectivity index (χ1n) is 6.42. The van der Waals surface area contributed by atoms with Gasteiger partial charge in [-0.1, -0.05) is 33.6 Å². The molecular weight excluding hydrogens is 198 g/mol. The van der Waals surface area contributed by atoms with Crippen LogP contribution < -0.4 is 5.32 Å². The summed E-state index contributed by atoms with van der Waals surface area (Å²) >= 11 is 0. The van der Waals surface area contributed by atoms with Crippen molar-refractivity contribution in [3.63, 3.8) is 0 Å². The third-order valence-corrected chi connectivity index (χ3v) is 3.26. The first-order valence-corrected chi connectivity index (χ1v) is 6.42. The van der Waals surface area contributed by atoms with E-state index in [1.54, 1.807) is 0 Å². The van der Waals surface area contributed by atoms with Crippen LogP contribution in [0.4, 0.5) is 0 Å². The number of imidazole rings is 1. The number of nitrogens with zero attached hydrogens (tertiary/aromatic N) is 2. The van der Waals surface area contributed by atoms with Crippen LogP contribution in [0.15, 0.2) is 12.5 Å². The molecule has 0 saturated heterocycles. The Kier molecular flexibility index (Phi) is 5.53. The van der Waals surface area contributed by atoms with Gasteiger partial charge in [-0.25, -0.2) is 4.98 Å². The van der Waals surface area contributed by atoms with Crippen molar-refractivity contribution in [1.82, 2.24) is 14.9 Å². The molecule has 16 heavy (non-hydrogen) atoms. The second-order valence-electron chi connectivity index (χ2n) is 4.49. The first-order chi connectivity index (χ1) is 7.71. The quantitative estimate of drug-likeness (QED) is 0.770. The number of hydrogen-bond donors (Lipinski definition) is 1. The van der Waals surface area contributed by atoms with Crippen molar-refractivity contribution in [2.45, 2.75) is 46.1 Å². The molecule has 1 atom stereocenters. The maximum atomic E-state index is 4.46. The van der Waals surface area contributed by atoms with Crippen molar-refractivity contribution in [3.8, 4) is 0 Å². The van der Waals surface area contributed by atoms with Gasteiger partial charge in [0.25, 0.3) is 0 Å². The highest BCUT2D eigenvalue weighted by Crippen LogP contribution is 2.23. The summed E-state index contributed by atoms with van der Waals surface area (Å²) in [6.07, 6.45) is 7.70. The molecule has 0 bridgehead atoms. The SMILES string of the molecule is CCNC(CC(CC)CC)c1cn(C)cn1. The molecule has 1 heterocycles. The van der Waals surface area contributed by atoms with E-state index >= 15 is 0 Å². The molecule has 92 valence electrons. The molecule has 0 amide bonds. The van der Waals surface area contributed by atoms with Gasteiger partial charge in [0.2, 0.25) is 0 Å². The van der Waals surface area contributed by atoms with E-state index in [4.69, 9.17) is 0 Å². The van der Waals surface area contributed by atoms with Gasteiger partial charge >= 0.3 is 0 Å². The molecule has 0 spiro atoms. The zero-order valence-electron chi connectivity index (χ0n) is 11.0. The van der Waals surface area contributed by atoms with Crippen LogP contribution in [-0.4, -0.2) is 16.1 Å². The lowest BCUT2D eigenvalue weighted by Crippen LogP contribution is -2.23. The summed E-state index contributed by atoms with van der Waals surface area (Å²) < 4.78 is 2.02. The molecule has 0 saturated carbocycles.